The molecule has 1 heterocycles. The van der Waals surface area contributed by atoms with Crippen molar-refractivity contribution in [2.75, 3.05) is 13.7 Å². The highest BCUT2D eigenvalue weighted by Crippen LogP contribution is 2.34. The number of halogens is 1. The molecule has 0 bridgehead atoms. The van der Waals surface area contributed by atoms with E-state index in [4.69, 9.17) is 16.3 Å². The molecule has 2 rings (SSSR count). The number of rotatable bonds is 6. The van der Waals surface area contributed by atoms with Crippen LogP contribution in [0.25, 0.3) is 11.3 Å². The van der Waals surface area contributed by atoms with Crippen molar-refractivity contribution in [3.8, 4) is 11.3 Å². The van der Waals surface area contributed by atoms with Gasteiger partial charge in [-0.1, -0.05) is 41.9 Å². The number of carbonyl (C=O) groups is 1. The van der Waals surface area contributed by atoms with Gasteiger partial charge in [0.1, 0.15) is 0 Å². The number of hydrogen-bond donors (Lipinski definition) is 0. The topological polar surface area (TPSA) is 31.2 Å². The van der Waals surface area contributed by atoms with Crippen LogP contribution in [0.4, 0.5) is 0 Å². The van der Waals surface area contributed by atoms with E-state index in [0.29, 0.717) is 17.2 Å². The van der Waals surface area contributed by atoms with Gasteiger partial charge >= 0.3 is 0 Å². The van der Waals surface area contributed by atoms with Gasteiger partial charge in [-0.05, 0) is 18.9 Å². The fourth-order valence-corrected chi connectivity index (χ4v) is 2.77. The van der Waals surface area contributed by atoms with Crippen LogP contribution in [0.3, 0.4) is 0 Å². The van der Waals surface area contributed by atoms with Gasteiger partial charge in [0.05, 0.1) is 16.3 Å². The molecular formula is C16H18ClNO2. The Bertz CT molecular complexity index is 590. The quantitative estimate of drug-likeness (QED) is 0.596. The first-order chi connectivity index (χ1) is 9.70. The van der Waals surface area contributed by atoms with Crippen LogP contribution in [0.5, 0.6) is 0 Å². The first kappa shape index (κ1) is 14.8. The number of benzene rings is 1. The Morgan fingerprint density at radius 2 is 2.00 bits per heavy atom. The highest BCUT2D eigenvalue weighted by Gasteiger charge is 2.19. The van der Waals surface area contributed by atoms with Gasteiger partial charge in [0.25, 0.3) is 0 Å². The number of ether oxygens (including phenoxy) is 1. The van der Waals surface area contributed by atoms with E-state index in [2.05, 4.69) is 4.57 Å². The van der Waals surface area contributed by atoms with Gasteiger partial charge < -0.3 is 9.30 Å². The summed E-state index contributed by atoms with van der Waals surface area (Å²) in [6.07, 6.45) is 1.71. The second kappa shape index (κ2) is 6.73. The molecule has 0 fully saturated rings. The second-order valence-electron chi connectivity index (χ2n) is 4.64. The zero-order valence-electron chi connectivity index (χ0n) is 11.7. The zero-order valence-corrected chi connectivity index (χ0v) is 12.5. The Morgan fingerprint density at radius 3 is 2.60 bits per heavy atom. The number of aldehydes is 1. The summed E-state index contributed by atoms with van der Waals surface area (Å²) in [5.74, 6) is 0. The third-order valence-corrected chi connectivity index (χ3v) is 3.79. The molecule has 0 amide bonds. The summed E-state index contributed by atoms with van der Waals surface area (Å²) in [5, 5.41) is 0.529. The van der Waals surface area contributed by atoms with Crippen LogP contribution in [0.2, 0.25) is 5.02 Å². The van der Waals surface area contributed by atoms with Crippen molar-refractivity contribution >= 4 is 17.9 Å². The van der Waals surface area contributed by atoms with Crippen LogP contribution in [-0.4, -0.2) is 24.6 Å². The van der Waals surface area contributed by atoms with Crippen LogP contribution >= 0.6 is 11.6 Å². The Morgan fingerprint density at radius 1 is 1.30 bits per heavy atom. The third kappa shape index (κ3) is 2.79. The van der Waals surface area contributed by atoms with Gasteiger partial charge in [0.2, 0.25) is 0 Å². The predicted octanol–water partition coefficient (Wildman–Crippen LogP) is 3.97. The molecule has 20 heavy (non-hydrogen) atoms. The van der Waals surface area contributed by atoms with Crippen molar-refractivity contribution in [3.05, 3.63) is 46.6 Å². The van der Waals surface area contributed by atoms with Crippen molar-refractivity contribution in [2.45, 2.75) is 19.9 Å². The normalized spacial score (nSPS) is 10.8. The molecule has 0 radical (unpaired) electrons. The highest BCUT2D eigenvalue weighted by atomic mass is 35.5. The molecule has 0 aliphatic carbocycles. The van der Waals surface area contributed by atoms with Crippen molar-refractivity contribution in [1.82, 2.24) is 4.57 Å². The van der Waals surface area contributed by atoms with Gasteiger partial charge in [-0.25, -0.2) is 0 Å². The molecule has 0 unspecified atom stereocenters. The standard InChI is InChI=1S/C16H18ClNO2/c1-12-14(11-19)15(17)16(13-7-4-3-5-8-13)18(12)9-6-10-20-2/h3-5,7-8,11H,6,9-10H2,1-2H3. The van der Waals surface area contributed by atoms with E-state index >= 15 is 0 Å². The van der Waals surface area contributed by atoms with E-state index in [1.807, 2.05) is 37.3 Å². The van der Waals surface area contributed by atoms with Crippen LogP contribution in [0.15, 0.2) is 30.3 Å². The summed E-state index contributed by atoms with van der Waals surface area (Å²) in [7, 11) is 1.68. The van der Waals surface area contributed by atoms with Gasteiger partial charge in [-0.2, -0.15) is 0 Å². The minimum absolute atomic E-state index is 0.529. The van der Waals surface area contributed by atoms with Crippen LogP contribution < -0.4 is 0 Å². The summed E-state index contributed by atoms with van der Waals surface area (Å²) in [6, 6.07) is 9.90. The van der Waals surface area contributed by atoms with E-state index in [1.54, 1.807) is 7.11 Å². The fraction of sp³-hybridized carbons (Fsp3) is 0.312. The molecule has 4 heteroatoms. The number of methoxy groups -OCH3 is 1. The van der Waals surface area contributed by atoms with Crippen LogP contribution in [-0.2, 0) is 11.3 Å². The SMILES string of the molecule is COCCCn1c(C)c(C=O)c(Cl)c1-c1ccccc1. The summed E-state index contributed by atoms with van der Waals surface area (Å²) >= 11 is 6.40. The maximum absolute atomic E-state index is 11.3. The van der Waals surface area contributed by atoms with Gasteiger partial charge in [-0.15, -0.1) is 0 Å². The molecule has 0 saturated carbocycles. The average Bonchev–Trinajstić information content (AvgIpc) is 2.71. The molecule has 0 N–H and O–H groups in total. The Kier molecular flexibility index (Phi) is 4.99. The lowest BCUT2D eigenvalue weighted by atomic mass is 10.1. The monoisotopic (exact) mass is 291 g/mol. The lowest BCUT2D eigenvalue weighted by Crippen LogP contribution is -2.05. The largest absolute Gasteiger partial charge is 0.385 e. The van der Waals surface area contributed by atoms with E-state index < -0.39 is 0 Å². The molecular weight excluding hydrogens is 274 g/mol. The molecule has 0 atom stereocenters. The maximum Gasteiger partial charge on any atom is 0.153 e. The number of hydrogen-bond acceptors (Lipinski definition) is 2. The third-order valence-electron chi connectivity index (χ3n) is 3.40. The fourth-order valence-electron chi connectivity index (χ4n) is 2.38. The van der Waals surface area contributed by atoms with Crippen LogP contribution in [0.1, 0.15) is 22.5 Å². The Balaban J connectivity index is 2.50. The lowest BCUT2D eigenvalue weighted by Gasteiger charge is -2.12. The minimum Gasteiger partial charge on any atom is -0.385 e. The van der Waals surface area contributed by atoms with Crippen molar-refractivity contribution in [1.29, 1.82) is 0 Å². The summed E-state index contributed by atoms with van der Waals surface area (Å²) < 4.78 is 7.19. The molecule has 106 valence electrons. The smallest absolute Gasteiger partial charge is 0.153 e. The van der Waals surface area contributed by atoms with Gasteiger partial charge in [0, 0.05) is 26.0 Å². The molecule has 0 saturated heterocycles. The first-order valence-corrected chi connectivity index (χ1v) is 6.96. The molecule has 0 aliphatic heterocycles. The molecule has 1 aromatic carbocycles. The van der Waals surface area contributed by atoms with Gasteiger partial charge in [0.15, 0.2) is 6.29 Å². The summed E-state index contributed by atoms with van der Waals surface area (Å²) in [5.41, 5.74) is 3.40. The Hall–Kier alpha value is -1.58. The van der Waals surface area contributed by atoms with E-state index in [1.165, 1.54) is 0 Å². The zero-order chi connectivity index (χ0) is 14.5. The average molecular weight is 292 g/mol. The second-order valence-corrected chi connectivity index (χ2v) is 5.02. The molecule has 2 aromatic rings. The highest BCUT2D eigenvalue weighted by molar-refractivity contribution is 6.35. The summed E-state index contributed by atoms with van der Waals surface area (Å²) in [4.78, 5) is 11.3. The predicted molar refractivity (Wildman–Crippen MR) is 81.5 cm³/mol. The van der Waals surface area contributed by atoms with E-state index in [9.17, 15) is 4.79 Å². The van der Waals surface area contributed by atoms with Crippen LogP contribution in [0, 0.1) is 6.92 Å². The Labute approximate surface area is 124 Å². The minimum atomic E-state index is 0.529. The van der Waals surface area contributed by atoms with Crippen molar-refractivity contribution < 1.29 is 9.53 Å². The number of carbonyl (C=O) groups excluding carboxylic acids is 1. The molecule has 0 aliphatic rings. The first-order valence-electron chi connectivity index (χ1n) is 6.58. The number of nitrogens with zero attached hydrogens (tertiary/aromatic N) is 1. The van der Waals surface area contributed by atoms with E-state index in [0.717, 1.165) is 36.2 Å². The van der Waals surface area contributed by atoms with E-state index in [-0.39, 0.29) is 0 Å². The van der Waals surface area contributed by atoms with Crippen molar-refractivity contribution in [2.24, 2.45) is 0 Å². The molecule has 3 nitrogen and oxygen atoms in total. The summed E-state index contributed by atoms with van der Waals surface area (Å²) in [6.45, 7) is 3.38. The molecule has 0 spiro atoms. The van der Waals surface area contributed by atoms with Crippen molar-refractivity contribution in [3.63, 3.8) is 0 Å². The maximum atomic E-state index is 11.3. The lowest BCUT2D eigenvalue weighted by molar-refractivity contribution is 0.112. The number of aromatic nitrogens is 1. The van der Waals surface area contributed by atoms with Gasteiger partial charge in [-0.3, -0.25) is 4.79 Å². The molecule has 1 aromatic heterocycles.